The predicted octanol–water partition coefficient (Wildman–Crippen LogP) is 1.24. The Morgan fingerprint density at radius 2 is 1.81 bits per heavy atom. The molecule has 0 aromatic heterocycles. The number of carbonyl (C=O) groups excluding carboxylic acids is 1. The average molecular weight is 221 g/mol. The number of aliphatic hydroxyl groups excluding tert-OH is 1. The Bertz CT molecular complexity index is 332. The van der Waals surface area contributed by atoms with E-state index >= 15 is 0 Å². The van der Waals surface area contributed by atoms with E-state index in [0.29, 0.717) is 13.0 Å². The van der Waals surface area contributed by atoms with Crippen LogP contribution in [-0.2, 0) is 17.6 Å². The third-order valence-corrected chi connectivity index (χ3v) is 2.65. The van der Waals surface area contributed by atoms with E-state index in [1.165, 1.54) is 5.56 Å². The highest BCUT2D eigenvalue weighted by Crippen LogP contribution is 2.06. The minimum absolute atomic E-state index is 0.0109. The van der Waals surface area contributed by atoms with Crippen molar-refractivity contribution in [1.29, 1.82) is 0 Å². The van der Waals surface area contributed by atoms with Gasteiger partial charge in [0.2, 0.25) is 5.91 Å². The van der Waals surface area contributed by atoms with Gasteiger partial charge in [0.15, 0.2) is 0 Å². The van der Waals surface area contributed by atoms with E-state index in [0.717, 1.165) is 12.0 Å². The van der Waals surface area contributed by atoms with Crippen molar-refractivity contribution >= 4 is 5.91 Å². The Morgan fingerprint density at radius 1 is 1.25 bits per heavy atom. The maximum Gasteiger partial charge on any atom is 0.226 e. The molecule has 0 aliphatic rings. The first-order valence-electron chi connectivity index (χ1n) is 5.60. The number of hydrogen-bond acceptors (Lipinski definition) is 2. The smallest absolute Gasteiger partial charge is 0.226 e. The largest absolute Gasteiger partial charge is 0.395 e. The summed E-state index contributed by atoms with van der Waals surface area (Å²) in [6, 6.07) is 8.08. The maximum absolute atomic E-state index is 11.7. The van der Waals surface area contributed by atoms with Crippen molar-refractivity contribution in [1.82, 2.24) is 4.90 Å². The Kier molecular flexibility index (Phi) is 4.99. The average Bonchev–Trinajstić information content (AvgIpc) is 2.30. The standard InChI is InChI=1S/C13H19NO2/c1-3-11-4-6-12(7-5-11)10-13(16)14(2)8-9-15/h4-7,15H,3,8-10H2,1-2H3. The fourth-order valence-electron chi connectivity index (χ4n) is 1.48. The van der Waals surface area contributed by atoms with E-state index in [9.17, 15) is 4.79 Å². The second-order valence-electron chi connectivity index (χ2n) is 3.89. The van der Waals surface area contributed by atoms with Crippen molar-refractivity contribution in [2.24, 2.45) is 0 Å². The molecule has 0 aliphatic heterocycles. The fraction of sp³-hybridized carbons (Fsp3) is 0.462. The summed E-state index contributed by atoms with van der Waals surface area (Å²) in [4.78, 5) is 13.2. The molecular formula is C13H19NO2. The number of amides is 1. The van der Waals surface area contributed by atoms with Gasteiger partial charge in [0.25, 0.3) is 0 Å². The summed E-state index contributed by atoms with van der Waals surface area (Å²) in [5.41, 5.74) is 2.30. The molecule has 0 saturated heterocycles. The van der Waals surface area contributed by atoms with Crippen LogP contribution < -0.4 is 0 Å². The molecule has 1 aromatic carbocycles. The normalized spacial score (nSPS) is 10.2. The zero-order chi connectivity index (χ0) is 12.0. The lowest BCUT2D eigenvalue weighted by Gasteiger charge is -2.15. The molecule has 0 aliphatic carbocycles. The third-order valence-electron chi connectivity index (χ3n) is 2.65. The van der Waals surface area contributed by atoms with Gasteiger partial charge in [0.1, 0.15) is 0 Å². The molecule has 0 radical (unpaired) electrons. The third kappa shape index (κ3) is 3.66. The molecule has 0 saturated carbocycles. The second kappa shape index (κ2) is 6.28. The van der Waals surface area contributed by atoms with Gasteiger partial charge in [-0.15, -0.1) is 0 Å². The SMILES string of the molecule is CCc1ccc(CC(=O)N(C)CCO)cc1. The van der Waals surface area contributed by atoms with Crippen LogP contribution in [0.25, 0.3) is 0 Å². The van der Waals surface area contributed by atoms with Crippen molar-refractivity contribution in [3.05, 3.63) is 35.4 Å². The Morgan fingerprint density at radius 3 is 2.31 bits per heavy atom. The van der Waals surface area contributed by atoms with E-state index in [1.54, 1.807) is 11.9 Å². The van der Waals surface area contributed by atoms with Gasteiger partial charge >= 0.3 is 0 Å². The maximum atomic E-state index is 11.7. The molecule has 1 aromatic rings. The first-order valence-corrected chi connectivity index (χ1v) is 5.60. The molecule has 1 N–H and O–H groups in total. The molecule has 0 bridgehead atoms. The molecule has 0 spiro atoms. The van der Waals surface area contributed by atoms with Crippen LogP contribution in [0.5, 0.6) is 0 Å². The van der Waals surface area contributed by atoms with Gasteiger partial charge < -0.3 is 10.0 Å². The second-order valence-corrected chi connectivity index (χ2v) is 3.89. The minimum Gasteiger partial charge on any atom is -0.395 e. The lowest BCUT2D eigenvalue weighted by atomic mass is 10.1. The van der Waals surface area contributed by atoms with Gasteiger partial charge in [0, 0.05) is 13.6 Å². The van der Waals surface area contributed by atoms with Crippen LogP contribution in [0.3, 0.4) is 0 Å². The number of likely N-dealkylation sites (N-methyl/N-ethyl adjacent to an activating group) is 1. The molecule has 1 amide bonds. The van der Waals surface area contributed by atoms with Crippen molar-refractivity contribution < 1.29 is 9.90 Å². The number of benzene rings is 1. The van der Waals surface area contributed by atoms with Crippen LogP contribution in [0.2, 0.25) is 0 Å². The molecule has 3 nitrogen and oxygen atoms in total. The Balaban J connectivity index is 2.55. The first-order chi connectivity index (χ1) is 7.67. The number of aryl methyl sites for hydroxylation is 1. The van der Waals surface area contributed by atoms with Gasteiger partial charge in [-0.05, 0) is 17.5 Å². The fourth-order valence-corrected chi connectivity index (χ4v) is 1.48. The first kappa shape index (κ1) is 12.7. The van der Waals surface area contributed by atoms with Crippen molar-refractivity contribution in [3.63, 3.8) is 0 Å². The van der Waals surface area contributed by atoms with E-state index in [-0.39, 0.29) is 12.5 Å². The van der Waals surface area contributed by atoms with Crippen LogP contribution in [0.4, 0.5) is 0 Å². The molecule has 3 heteroatoms. The molecule has 88 valence electrons. The zero-order valence-corrected chi connectivity index (χ0v) is 9.94. The summed E-state index contributed by atoms with van der Waals surface area (Å²) < 4.78 is 0. The van der Waals surface area contributed by atoms with E-state index in [2.05, 4.69) is 19.1 Å². The molecule has 1 rings (SSSR count). The Hall–Kier alpha value is -1.35. The highest BCUT2D eigenvalue weighted by molar-refractivity contribution is 5.78. The summed E-state index contributed by atoms with van der Waals surface area (Å²) in [6.45, 7) is 2.51. The van der Waals surface area contributed by atoms with Crippen molar-refractivity contribution in [3.8, 4) is 0 Å². The number of hydrogen-bond donors (Lipinski definition) is 1. The van der Waals surface area contributed by atoms with Gasteiger partial charge in [-0.1, -0.05) is 31.2 Å². The van der Waals surface area contributed by atoms with E-state index < -0.39 is 0 Å². The molecule has 0 fully saturated rings. The molecule has 0 heterocycles. The highest BCUT2D eigenvalue weighted by atomic mass is 16.3. The lowest BCUT2D eigenvalue weighted by Crippen LogP contribution is -2.30. The summed E-state index contributed by atoms with van der Waals surface area (Å²) >= 11 is 0. The van der Waals surface area contributed by atoms with Crippen molar-refractivity contribution in [2.75, 3.05) is 20.2 Å². The summed E-state index contributed by atoms with van der Waals surface area (Å²) in [5.74, 6) is 0.0401. The molecule has 0 atom stereocenters. The summed E-state index contributed by atoms with van der Waals surface area (Å²) in [6.07, 6.45) is 1.42. The van der Waals surface area contributed by atoms with Crippen LogP contribution >= 0.6 is 0 Å². The number of aliphatic hydroxyl groups is 1. The van der Waals surface area contributed by atoms with Gasteiger partial charge in [-0.3, -0.25) is 4.79 Å². The minimum atomic E-state index is 0.0109. The van der Waals surface area contributed by atoms with Crippen molar-refractivity contribution in [2.45, 2.75) is 19.8 Å². The van der Waals surface area contributed by atoms with E-state index in [1.807, 2.05) is 12.1 Å². The monoisotopic (exact) mass is 221 g/mol. The van der Waals surface area contributed by atoms with Gasteiger partial charge in [0.05, 0.1) is 13.0 Å². The number of nitrogens with zero attached hydrogens (tertiary/aromatic N) is 1. The van der Waals surface area contributed by atoms with Crippen LogP contribution in [0, 0.1) is 0 Å². The van der Waals surface area contributed by atoms with E-state index in [4.69, 9.17) is 5.11 Å². The van der Waals surface area contributed by atoms with Crippen LogP contribution in [0.1, 0.15) is 18.1 Å². The summed E-state index contributed by atoms with van der Waals surface area (Å²) in [5, 5.41) is 8.73. The topological polar surface area (TPSA) is 40.5 Å². The van der Waals surface area contributed by atoms with Gasteiger partial charge in [-0.2, -0.15) is 0 Å². The highest BCUT2D eigenvalue weighted by Gasteiger charge is 2.08. The number of rotatable bonds is 5. The predicted molar refractivity (Wildman–Crippen MR) is 64.2 cm³/mol. The zero-order valence-electron chi connectivity index (χ0n) is 9.94. The summed E-state index contributed by atoms with van der Waals surface area (Å²) in [7, 11) is 1.71. The number of carbonyl (C=O) groups is 1. The molecular weight excluding hydrogens is 202 g/mol. The Labute approximate surface area is 96.7 Å². The van der Waals surface area contributed by atoms with Crippen LogP contribution in [0.15, 0.2) is 24.3 Å². The van der Waals surface area contributed by atoms with Gasteiger partial charge in [-0.25, -0.2) is 0 Å². The molecule has 16 heavy (non-hydrogen) atoms. The van der Waals surface area contributed by atoms with Crippen LogP contribution in [-0.4, -0.2) is 36.1 Å². The lowest BCUT2D eigenvalue weighted by molar-refractivity contribution is -0.129. The quantitative estimate of drug-likeness (QED) is 0.812. The molecule has 0 unspecified atom stereocenters.